The fourth-order valence-corrected chi connectivity index (χ4v) is 2.34. The molecular formula is C16H20N2O5. The molecule has 7 nitrogen and oxygen atoms in total. The quantitative estimate of drug-likeness (QED) is 0.827. The summed E-state index contributed by atoms with van der Waals surface area (Å²) in [7, 11) is 1.25. The number of esters is 1. The van der Waals surface area contributed by atoms with Crippen LogP contribution in [0, 0.1) is 19.8 Å². The lowest BCUT2D eigenvalue weighted by molar-refractivity contribution is -0.157. The summed E-state index contributed by atoms with van der Waals surface area (Å²) in [5.41, 5.74) is 4.46. The van der Waals surface area contributed by atoms with Gasteiger partial charge >= 0.3 is 5.97 Å². The first-order valence-corrected chi connectivity index (χ1v) is 7.29. The van der Waals surface area contributed by atoms with E-state index in [2.05, 4.69) is 10.2 Å². The minimum atomic E-state index is -0.654. The maximum absolute atomic E-state index is 12.2. The van der Waals surface area contributed by atoms with Crippen LogP contribution in [0.25, 0.3) is 0 Å². The van der Waals surface area contributed by atoms with Crippen LogP contribution in [-0.2, 0) is 19.1 Å². The largest absolute Gasteiger partial charge is 0.483 e. The minimum Gasteiger partial charge on any atom is -0.483 e. The van der Waals surface area contributed by atoms with E-state index in [4.69, 9.17) is 4.74 Å². The fraction of sp³-hybridized carbons (Fsp3) is 0.438. The Balaban J connectivity index is 1.98. The summed E-state index contributed by atoms with van der Waals surface area (Å²) in [6.45, 7) is 3.72. The number of ether oxygens (including phenoxy) is 2. The number of rotatable bonds is 4. The first kappa shape index (κ1) is 16.8. The Labute approximate surface area is 134 Å². The van der Waals surface area contributed by atoms with Crippen molar-refractivity contribution in [3.63, 3.8) is 0 Å². The number of hydrazine groups is 1. The number of nitrogens with zero attached hydrogens (tertiary/aromatic N) is 1. The molecule has 1 aliphatic rings. The van der Waals surface area contributed by atoms with Crippen molar-refractivity contribution in [2.24, 2.45) is 5.92 Å². The third kappa shape index (κ3) is 4.00. The molecule has 1 fully saturated rings. The second kappa shape index (κ2) is 7.13. The van der Waals surface area contributed by atoms with Gasteiger partial charge in [-0.3, -0.25) is 24.8 Å². The van der Waals surface area contributed by atoms with Crippen molar-refractivity contribution in [1.29, 1.82) is 0 Å². The van der Waals surface area contributed by atoms with Crippen molar-refractivity contribution in [2.75, 3.05) is 20.3 Å². The first-order chi connectivity index (χ1) is 10.9. The molecule has 2 amide bonds. The van der Waals surface area contributed by atoms with Gasteiger partial charge in [-0.15, -0.1) is 0 Å². The van der Waals surface area contributed by atoms with Crippen molar-refractivity contribution in [3.8, 4) is 5.75 Å². The van der Waals surface area contributed by atoms with Crippen molar-refractivity contribution >= 4 is 17.8 Å². The molecule has 1 saturated heterocycles. The standard InChI is InChI=1S/C16H20N2O5/c1-10-5-4-6-13(11(10)2)23-9-15(20)18-8-12(16(21)22-3)7-14(19)17-18/h4-6,12H,7-9H2,1-3H3,(H,17,19). The highest BCUT2D eigenvalue weighted by molar-refractivity contribution is 5.88. The number of nitrogens with one attached hydrogen (secondary N) is 1. The fourth-order valence-electron chi connectivity index (χ4n) is 2.34. The Bertz CT molecular complexity index is 629. The number of methoxy groups -OCH3 is 1. The number of benzene rings is 1. The van der Waals surface area contributed by atoms with Gasteiger partial charge in [-0.2, -0.15) is 0 Å². The summed E-state index contributed by atoms with van der Waals surface area (Å²) in [4.78, 5) is 35.4. The van der Waals surface area contributed by atoms with E-state index in [1.165, 1.54) is 7.11 Å². The van der Waals surface area contributed by atoms with Gasteiger partial charge in [-0.05, 0) is 31.0 Å². The lowest BCUT2D eigenvalue weighted by Crippen LogP contribution is -2.55. The zero-order valence-corrected chi connectivity index (χ0v) is 13.4. The second-order valence-electron chi connectivity index (χ2n) is 5.45. The maximum atomic E-state index is 12.2. The molecular weight excluding hydrogens is 300 g/mol. The van der Waals surface area contributed by atoms with Gasteiger partial charge in [-0.1, -0.05) is 12.1 Å². The van der Waals surface area contributed by atoms with Crippen LogP contribution >= 0.6 is 0 Å². The van der Waals surface area contributed by atoms with Crippen molar-refractivity contribution in [3.05, 3.63) is 29.3 Å². The monoisotopic (exact) mass is 320 g/mol. The van der Waals surface area contributed by atoms with Crippen LogP contribution < -0.4 is 10.2 Å². The molecule has 1 aromatic carbocycles. The highest BCUT2D eigenvalue weighted by atomic mass is 16.5. The van der Waals surface area contributed by atoms with Gasteiger partial charge in [0.05, 0.1) is 19.6 Å². The highest BCUT2D eigenvalue weighted by Gasteiger charge is 2.33. The van der Waals surface area contributed by atoms with Crippen molar-refractivity contribution in [1.82, 2.24) is 10.4 Å². The molecule has 0 aromatic heterocycles. The second-order valence-corrected chi connectivity index (χ2v) is 5.45. The van der Waals surface area contributed by atoms with Crippen LogP contribution in [0.4, 0.5) is 0 Å². The summed E-state index contributed by atoms with van der Waals surface area (Å²) in [5, 5.41) is 1.11. The van der Waals surface area contributed by atoms with E-state index in [0.29, 0.717) is 5.75 Å². The number of carbonyl (C=O) groups is 3. The molecule has 7 heteroatoms. The van der Waals surface area contributed by atoms with E-state index in [1.807, 2.05) is 26.0 Å². The number of hydrogen-bond donors (Lipinski definition) is 1. The van der Waals surface area contributed by atoms with Crippen molar-refractivity contribution < 1.29 is 23.9 Å². The molecule has 23 heavy (non-hydrogen) atoms. The molecule has 0 saturated carbocycles. The van der Waals surface area contributed by atoms with Gasteiger partial charge in [-0.25, -0.2) is 0 Å². The molecule has 1 heterocycles. The van der Waals surface area contributed by atoms with E-state index >= 15 is 0 Å². The summed E-state index contributed by atoms with van der Waals surface area (Å²) < 4.78 is 10.2. The number of carbonyl (C=O) groups excluding carboxylic acids is 3. The van der Waals surface area contributed by atoms with Gasteiger partial charge in [0.25, 0.3) is 5.91 Å². The maximum Gasteiger partial charge on any atom is 0.311 e. The molecule has 1 N–H and O–H groups in total. The van der Waals surface area contributed by atoms with E-state index in [1.54, 1.807) is 6.07 Å². The highest BCUT2D eigenvalue weighted by Crippen LogP contribution is 2.20. The van der Waals surface area contributed by atoms with E-state index in [0.717, 1.165) is 16.1 Å². The van der Waals surface area contributed by atoms with Crippen LogP contribution in [0.1, 0.15) is 17.5 Å². The SMILES string of the molecule is COC(=O)C1CC(=O)NN(C(=O)COc2cccc(C)c2C)C1. The molecule has 1 aliphatic heterocycles. The van der Waals surface area contributed by atoms with E-state index in [-0.39, 0.29) is 19.6 Å². The minimum absolute atomic E-state index is 0.00823. The molecule has 1 aromatic rings. The number of hydrogen-bond acceptors (Lipinski definition) is 5. The molecule has 0 radical (unpaired) electrons. The summed E-state index contributed by atoms with van der Waals surface area (Å²) in [6, 6.07) is 5.58. The molecule has 0 bridgehead atoms. The summed E-state index contributed by atoms with van der Waals surface area (Å²) in [5.74, 6) is -1.36. The van der Waals surface area contributed by atoms with Crippen LogP contribution in [0.2, 0.25) is 0 Å². The van der Waals surface area contributed by atoms with Crippen LogP contribution in [-0.4, -0.2) is 43.1 Å². The molecule has 124 valence electrons. The summed E-state index contributed by atoms with van der Waals surface area (Å²) in [6.07, 6.45) is 0.00823. The molecule has 1 atom stereocenters. The average molecular weight is 320 g/mol. The van der Waals surface area contributed by atoms with Gasteiger partial charge in [0, 0.05) is 6.42 Å². The van der Waals surface area contributed by atoms with Gasteiger partial charge in [0.2, 0.25) is 5.91 Å². The Morgan fingerprint density at radius 1 is 1.35 bits per heavy atom. The first-order valence-electron chi connectivity index (χ1n) is 7.29. The Hall–Kier alpha value is -2.57. The zero-order valence-electron chi connectivity index (χ0n) is 13.4. The van der Waals surface area contributed by atoms with E-state index in [9.17, 15) is 14.4 Å². The van der Waals surface area contributed by atoms with Crippen LogP contribution in [0.5, 0.6) is 5.75 Å². The zero-order chi connectivity index (χ0) is 17.0. The van der Waals surface area contributed by atoms with Crippen LogP contribution in [0.3, 0.4) is 0 Å². The number of aryl methyl sites for hydroxylation is 1. The predicted octanol–water partition coefficient (Wildman–Crippen LogP) is 0.735. The van der Waals surface area contributed by atoms with Gasteiger partial charge in [0.1, 0.15) is 5.75 Å². The topological polar surface area (TPSA) is 84.9 Å². The lowest BCUT2D eigenvalue weighted by Gasteiger charge is -2.31. The van der Waals surface area contributed by atoms with Gasteiger partial charge < -0.3 is 9.47 Å². The Kier molecular flexibility index (Phi) is 5.20. The molecule has 1 unspecified atom stereocenters. The Morgan fingerprint density at radius 2 is 2.09 bits per heavy atom. The molecule has 0 spiro atoms. The van der Waals surface area contributed by atoms with E-state index < -0.39 is 23.7 Å². The third-order valence-electron chi connectivity index (χ3n) is 3.84. The summed E-state index contributed by atoms with van der Waals surface area (Å²) >= 11 is 0. The predicted molar refractivity (Wildman–Crippen MR) is 81.4 cm³/mol. The Morgan fingerprint density at radius 3 is 2.78 bits per heavy atom. The van der Waals surface area contributed by atoms with Crippen LogP contribution in [0.15, 0.2) is 18.2 Å². The third-order valence-corrected chi connectivity index (χ3v) is 3.84. The lowest BCUT2D eigenvalue weighted by atomic mass is 10.0. The molecule has 2 rings (SSSR count). The van der Waals surface area contributed by atoms with Crippen molar-refractivity contribution in [2.45, 2.75) is 20.3 Å². The molecule has 0 aliphatic carbocycles. The normalized spacial score (nSPS) is 17.4. The van der Waals surface area contributed by atoms with Gasteiger partial charge in [0.15, 0.2) is 6.61 Å². The number of amides is 2. The average Bonchev–Trinajstić information content (AvgIpc) is 2.54. The smallest absolute Gasteiger partial charge is 0.311 e.